The Balaban J connectivity index is 1.86. The third kappa shape index (κ3) is 3.81. The highest BCUT2D eigenvalue weighted by Crippen LogP contribution is 2.15. The monoisotopic (exact) mass is 275 g/mol. The molecule has 0 saturated carbocycles. The van der Waals surface area contributed by atoms with Crippen LogP contribution in [0.2, 0.25) is 0 Å². The molecule has 1 N–H and O–H groups in total. The number of benzene rings is 1. The number of nitrogens with zero attached hydrogens (tertiary/aromatic N) is 2. The second-order valence-electron chi connectivity index (χ2n) is 5.41. The molecule has 0 atom stereocenters. The number of hydrogen-bond acceptors (Lipinski definition) is 3. The van der Waals surface area contributed by atoms with Crippen molar-refractivity contribution in [2.45, 2.75) is 33.9 Å². The minimum atomic E-state index is 0.597. The lowest BCUT2D eigenvalue weighted by Crippen LogP contribution is -2.22. The molecule has 1 aromatic heterocycles. The molecule has 1 aromatic carbocycles. The molecule has 0 aliphatic heterocycles. The molecular formula is C16H25N3O. The predicted octanol–water partition coefficient (Wildman–Crippen LogP) is 2.82. The van der Waals surface area contributed by atoms with Crippen molar-refractivity contribution in [2.24, 2.45) is 5.92 Å². The Labute approximate surface area is 121 Å². The molecule has 4 nitrogen and oxygen atoms in total. The van der Waals surface area contributed by atoms with E-state index in [0.29, 0.717) is 5.92 Å². The zero-order valence-corrected chi connectivity index (χ0v) is 12.7. The molecule has 0 fully saturated rings. The largest absolute Gasteiger partial charge is 0.380 e. The summed E-state index contributed by atoms with van der Waals surface area (Å²) in [7, 11) is 0. The Hall–Kier alpha value is -1.39. The molecule has 2 aromatic rings. The molecule has 110 valence electrons. The van der Waals surface area contributed by atoms with E-state index in [1.54, 1.807) is 0 Å². The second-order valence-corrected chi connectivity index (χ2v) is 5.41. The van der Waals surface area contributed by atoms with E-state index in [2.05, 4.69) is 53.8 Å². The van der Waals surface area contributed by atoms with Crippen LogP contribution < -0.4 is 5.32 Å². The van der Waals surface area contributed by atoms with Gasteiger partial charge in [0.2, 0.25) is 0 Å². The molecule has 4 heteroatoms. The van der Waals surface area contributed by atoms with Gasteiger partial charge in [0.1, 0.15) is 5.82 Å². The summed E-state index contributed by atoms with van der Waals surface area (Å²) in [5.74, 6) is 1.69. The Bertz CT molecular complexity index is 534. The number of imidazole rings is 1. The first-order valence-electron chi connectivity index (χ1n) is 7.45. The standard InChI is InChI=1S/C16H25N3O/c1-4-19-15-8-6-5-7-14(15)18-16(19)11-17-9-10-20-12-13(2)3/h5-8,13,17H,4,9-12H2,1-3H3. The molecule has 2 rings (SSSR count). The highest BCUT2D eigenvalue weighted by molar-refractivity contribution is 5.75. The molecule has 0 bridgehead atoms. The van der Waals surface area contributed by atoms with Gasteiger partial charge >= 0.3 is 0 Å². The second kappa shape index (κ2) is 7.41. The van der Waals surface area contributed by atoms with Crippen LogP contribution in [-0.2, 0) is 17.8 Å². The number of aromatic nitrogens is 2. The summed E-state index contributed by atoms with van der Waals surface area (Å²) < 4.78 is 7.82. The number of hydrogen-bond donors (Lipinski definition) is 1. The summed E-state index contributed by atoms with van der Waals surface area (Å²) in [5.41, 5.74) is 2.28. The van der Waals surface area contributed by atoms with E-state index in [4.69, 9.17) is 4.74 Å². The highest BCUT2D eigenvalue weighted by Gasteiger charge is 2.07. The average Bonchev–Trinajstić information content (AvgIpc) is 2.79. The molecule has 0 amide bonds. The number of fused-ring (bicyclic) bond motifs is 1. The van der Waals surface area contributed by atoms with E-state index in [9.17, 15) is 0 Å². The third-order valence-corrected chi connectivity index (χ3v) is 3.21. The maximum absolute atomic E-state index is 5.56. The minimum absolute atomic E-state index is 0.597. The molecular weight excluding hydrogens is 250 g/mol. The van der Waals surface area contributed by atoms with E-state index in [1.807, 2.05) is 6.07 Å². The number of para-hydroxylation sites is 2. The zero-order chi connectivity index (χ0) is 14.4. The van der Waals surface area contributed by atoms with Gasteiger partial charge in [0, 0.05) is 19.7 Å². The molecule has 1 heterocycles. The van der Waals surface area contributed by atoms with Crippen molar-refractivity contribution in [2.75, 3.05) is 19.8 Å². The molecule has 0 aliphatic carbocycles. The van der Waals surface area contributed by atoms with Crippen molar-refractivity contribution in [1.82, 2.24) is 14.9 Å². The van der Waals surface area contributed by atoms with Gasteiger partial charge in [-0.2, -0.15) is 0 Å². The van der Waals surface area contributed by atoms with Gasteiger partial charge in [0.05, 0.1) is 24.2 Å². The number of nitrogens with one attached hydrogen (secondary N) is 1. The topological polar surface area (TPSA) is 39.1 Å². The number of rotatable bonds is 8. The van der Waals surface area contributed by atoms with E-state index < -0.39 is 0 Å². The van der Waals surface area contributed by atoms with Gasteiger partial charge in [-0.3, -0.25) is 0 Å². The zero-order valence-electron chi connectivity index (χ0n) is 12.7. The van der Waals surface area contributed by atoms with Gasteiger partial charge < -0.3 is 14.6 Å². The summed E-state index contributed by atoms with van der Waals surface area (Å²) in [4.78, 5) is 4.69. The van der Waals surface area contributed by atoms with Crippen LogP contribution in [0.5, 0.6) is 0 Å². The van der Waals surface area contributed by atoms with Gasteiger partial charge in [-0.1, -0.05) is 26.0 Å². The Morgan fingerprint density at radius 1 is 1.30 bits per heavy atom. The fourth-order valence-corrected chi connectivity index (χ4v) is 2.28. The SMILES string of the molecule is CCn1c(CNCCOCC(C)C)nc2ccccc21. The van der Waals surface area contributed by atoms with Crippen molar-refractivity contribution < 1.29 is 4.74 Å². The predicted molar refractivity (Wildman–Crippen MR) is 82.8 cm³/mol. The third-order valence-electron chi connectivity index (χ3n) is 3.21. The van der Waals surface area contributed by atoms with Gasteiger partial charge in [-0.15, -0.1) is 0 Å². The minimum Gasteiger partial charge on any atom is -0.380 e. The Morgan fingerprint density at radius 3 is 2.85 bits per heavy atom. The normalized spacial score (nSPS) is 11.6. The summed E-state index contributed by atoms with van der Waals surface area (Å²) in [6.07, 6.45) is 0. The quantitative estimate of drug-likeness (QED) is 0.753. The molecule has 0 unspecified atom stereocenters. The smallest absolute Gasteiger partial charge is 0.123 e. The summed E-state index contributed by atoms with van der Waals surface area (Å²) in [6, 6.07) is 8.29. The first-order chi connectivity index (χ1) is 9.72. The van der Waals surface area contributed by atoms with E-state index in [-0.39, 0.29) is 0 Å². The molecule has 20 heavy (non-hydrogen) atoms. The van der Waals surface area contributed by atoms with Gasteiger partial charge in [0.25, 0.3) is 0 Å². The van der Waals surface area contributed by atoms with Crippen LogP contribution in [0.15, 0.2) is 24.3 Å². The average molecular weight is 275 g/mol. The van der Waals surface area contributed by atoms with E-state index in [0.717, 1.165) is 44.2 Å². The Morgan fingerprint density at radius 2 is 2.10 bits per heavy atom. The number of aryl methyl sites for hydroxylation is 1. The van der Waals surface area contributed by atoms with Crippen LogP contribution in [-0.4, -0.2) is 29.3 Å². The van der Waals surface area contributed by atoms with Crippen molar-refractivity contribution in [3.8, 4) is 0 Å². The van der Waals surface area contributed by atoms with Crippen molar-refractivity contribution in [1.29, 1.82) is 0 Å². The molecule has 0 aliphatic rings. The van der Waals surface area contributed by atoms with Crippen LogP contribution in [0.25, 0.3) is 11.0 Å². The van der Waals surface area contributed by atoms with E-state index in [1.165, 1.54) is 5.52 Å². The lowest BCUT2D eigenvalue weighted by atomic mass is 10.2. The fraction of sp³-hybridized carbons (Fsp3) is 0.562. The van der Waals surface area contributed by atoms with Crippen molar-refractivity contribution >= 4 is 11.0 Å². The first kappa shape index (κ1) is 15.0. The van der Waals surface area contributed by atoms with Crippen LogP contribution in [0.3, 0.4) is 0 Å². The van der Waals surface area contributed by atoms with Crippen LogP contribution in [0, 0.1) is 5.92 Å². The van der Waals surface area contributed by atoms with Crippen LogP contribution >= 0.6 is 0 Å². The van der Waals surface area contributed by atoms with Crippen molar-refractivity contribution in [3.63, 3.8) is 0 Å². The first-order valence-corrected chi connectivity index (χ1v) is 7.45. The summed E-state index contributed by atoms with van der Waals surface area (Å²) in [5, 5.41) is 3.40. The maximum atomic E-state index is 5.56. The molecule has 0 radical (unpaired) electrons. The van der Waals surface area contributed by atoms with Gasteiger partial charge in [0.15, 0.2) is 0 Å². The molecule has 0 saturated heterocycles. The molecule has 0 spiro atoms. The van der Waals surface area contributed by atoms with Gasteiger partial charge in [-0.25, -0.2) is 4.98 Å². The lowest BCUT2D eigenvalue weighted by molar-refractivity contribution is 0.111. The highest BCUT2D eigenvalue weighted by atomic mass is 16.5. The summed E-state index contributed by atoms with van der Waals surface area (Å²) >= 11 is 0. The van der Waals surface area contributed by atoms with E-state index >= 15 is 0 Å². The number of ether oxygens (including phenoxy) is 1. The Kier molecular flexibility index (Phi) is 5.56. The lowest BCUT2D eigenvalue weighted by Gasteiger charge is -2.09. The van der Waals surface area contributed by atoms with Crippen LogP contribution in [0.1, 0.15) is 26.6 Å². The van der Waals surface area contributed by atoms with Gasteiger partial charge in [-0.05, 0) is 25.0 Å². The van der Waals surface area contributed by atoms with Crippen molar-refractivity contribution in [3.05, 3.63) is 30.1 Å². The fourth-order valence-electron chi connectivity index (χ4n) is 2.28. The maximum Gasteiger partial charge on any atom is 0.123 e. The summed E-state index contributed by atoms with van der Waals surface area (Å²) in [6.45, 7) is 10.7. The van der Waals surface area contributed by atoms with Crippen LogP contribution in [0.4, 0.5) is 0 Å².